The Balaban J connectivity index is 0.000000227. The highest BCUT2D eigenvalue weighted by molar-refractivity contribution is 7.52. The number of aromatic nitrogens is 12. The van der Waals surface area contributed by atoms with Gasteiger partial charge in [-0.2, -0.15) is 29.2 Å². The molecular formula is C59H71ClF4N14O17P2S2. The first-order valence-electron chi connectivity index (χ1n) is 30.7. The summed E-state index contributed by atoms with van der Waals surface area (Å²) in [6, 6.07) is 3.49. The van der Waals surface area contributed by atoms with Gasteiger partial charge in [-0.15, -0.1) is 22.7 Å². The molecule has 1 unspecified atom stereocenters. The van der Waals surface area contributed by atoms with Crippen LogP contribution in [-0.4, -0.2) is 154 Å². The van der Waals surface area contributed by atoms with Gasteiger partial charge in [0.05, 0.1) is 66.4 Å². The second-order valence-corrected chi connectivity index (χ2v) is 27.4. The van der Waals surface area contributed by atoms with Gasteiger partial charge in [-0.1, -0.05) is 11.6 Å². The number of phosphoric ester groups is 1. The van der Waals surface area contributed by atoms with Gasteiger partial charge in [-0.05, 0) is 117 Å². The fourth-order valence-corrected chi connectivity index (χ4v) is 12.5. The van der Waals surface area contributed by atoms with E-state index in [1.165, 1.54) is 44.9 Å². The van der Waals surface area contributed by atoms with E-state index in [0.29, 0.717) is 34.4 Å². The lowest BCUT2D eigenvalue weighted by Crippen LogP contribution is -2.24. The molecule has 2 saturated carbocycles. The lowest BCUT2D eigenvalue weighted by Gasteiger charge is -2.28. The zero-order valence-corrected chi connectivity index (χ0v) is 58.2. The van der Waals surface area contributed by atoms with Crippen LogP contribution in [0.4, 0.5) is 38.5 Å². The van der Waals surface area contributed by atoms with E-state index in [0.717, 1.165) is 98.3 Å². The quantitative estimate of drug-likeness (QED) is 0.0110. The van der Waals surface area contributed by atoms with Crippen LogP contribution in [0.1, 0.15) is 126 Å². The van der Waals surface area contributed by atoms with Gasteiger partial charge in [0.15, 0.2) is 24.4 Å². The number of amides is 2. The van der Waals surface area contributed by atoms with Crippen molar-refractivity contribution in [1.82, 2.24) is 59.1 Å². The van der Waals surface area contributed by atoms with Gasteiger partial charge >= 0.3 is 27.7 Å². The van der Waals surface area contributed by atoms with Crippen LogP contribution in [-0.2, 0) is 60.1 Å². The van der Waals surface area contributed by atoms with Crippen LogP contribution < -0.4 is 10.6 Å². The molecule has 8 aromatic rings. The van der Waals surface area contributed by atoms with E-state index in [1.54, 1.807) is 49.5 Å². The molecule has 8 heterocycles. The van der Waals surface area contributed by atoms with Crippen LogP contribution in [0.5, 0.6) is 0 Å². The summed E-state index contributed by atoms with van der Waals surface area (Å²) in [6.07, 6.45) is 13.0. The Kier molecular flexibility index (Phi) is 27.9. The number of alkyl halides is 1. The monoisotopic (exact) mass is 1480 g/mol. The molecule has 536 valence electrons. The second kappa shape index (κ2) is 35.9. The van der Waals surface area contributed by atoms with Crippen molar-refractivity contribution >= 4 is 85.2 Å². The minimum Gasteiger partial charge on any atom is -0.434 e. The molecule has 8 aromatic heterocycles. The molecule has 0 aromatic carbocycles. The maximum absolute atomic E-state index is 14.8. The van der Waals surface area contributed by atoms with Crippen LogP contribution >= 0.6 is 49.7 Å². The molecule has 0 bridgehead atoms. The van der Waals surface area contributed by atoms with Crippen molar-refractivity contribution in [3.05, 3.63) is 107 Å². The number of thiazole rings is 2. The second-order valence-electron chi connectivity index (χ2n) is 22.3. The summed E-state index contributed by atoms with van der Waals surface area (Å²) >= 11 is 7.35. The zero-order valence-electron chi connectivity index (χ0n) is 54.0. The predicted molar refractivity (Wildman–Crippen MR) is 349 cm³/mol. The fourth-order valence-electron chi connectivity index (χ4n) is 9.86. The van der Waals surface area contributed by atoms with E-state index in [1.807, 2.05) is 13.8 Å². The standard InChI is InChI=1S/C30H36F2N7O8PS.C24H26F2N7O6PS.C5H9ClO3/c1-4-44-21-7-5-20(6-8-21)39-15-23(27(37-39)26-22(31)9-10-25(32)36-26)34-28(40)24-16-49-29(35-24)19-13-33-38(14-19)17-46-48(42,43)12-11-45-30(41)47-18(2)3;1-2-38-16-5-3-15(4-6-16)33-11-18(22(31-33)21-17(25)7-8-20(26)30-21)28-23(34)19-12-41-24(29-19)14-9-27-32(10-14)13-39-40(35,36)37;1-4(2)9-5(7)8-3-6/h9-10,13-16,18,20-21H,4-8,11-12,17H2,1-3H3,(H,34,40)(H,42,43);7-12,15-16H,2-6,13H2,1H3,(H,28,34)(H2,35,36,37);4H,3H2,1-2H3. The van der Waals surface area contributed by atoms with E-state index in [2.05, 4.69) is 65.0 Å². The van der Waals surface area contributed by atoms with Crippen molar-refractivity contribution in [2.45, 2.75) is 143 Å². The van der Waals surface area contributed by atoms with Crippen LogP contribution in [0, 0.1) is 23.5 Å². The number of nitrogens with one attached hydrogen (secondary N) is 2. The van der Waals surface area contributed by atoms with E-state index in [4.69, 9.17) is 44.9 Å². The lowest BCUT2D eigenvalue weighted by molar-refractivity contribution is 0.0258. The summed E-state index contributed by atoms with van der Waals surface area (Å²) in [5, 5.41) is 26.4. The summed E-state index contributed by atoms with van der Waals surface area (Å²) in [5.74, 6) is -4.59. The van der Waals surface area contributed by atoms with Crippen molar-refractivity contribution in [3.8, 4) is 43.9 Å². The van der Waals surface area contributed by atoms with E-state index in [9.17, 15) is 50.8 Å². The number of rotatable bonds is 26. The molecule has 1 atom stereocenters. The molecule has 5 N–H and O–H groups in total. The zero-order chi connectivity index (χ0) is 71.6. The molecule has 0 aliphatic heterocycles. The first-order chi connectivity index (χ1) is 47.2. The Morgan fingerprint density at radius 2 is 1.03 bits per heavy atom. The highest BCUT2D eigenvalue weighted by atomic mass is 35.5. The Labute approximate surface area is 576 Å². The summed E-state index contributed by atoms with van der Waals surface area (Å²) in [7, 11) is -8.79. The Hall–Kier alpha value is -7.93. The molecule has 2 amide bonds. The van der Waals surface area contributed by atoms with Gasteiger partial charge < -0.3 is 53.7 Å². The Bertz CT molecular complexity index is 4120. The van der Waals surface area contributed by atoms with Gasteiger partial charge in [-0.3, -0.25) is 32.6 Å². The molecule has 2 aliphatic rings. The highest BCUT2D eigenvalue weighted by Gasteiger charge is 2.30. The number of ether oxygens (including phenoxy) is 6. The third-order valence-electron chi connectivity index (χ3n) is 14.3. The first-order valence-corrected chi connectivity index (χ1v) is 36.3. The largest absolute Gasteiger partial charge is 0.509 e. The lowest BCUT2D eigenvalue weighted by atomic mass is 9.93. The van der Waals surface area contributed by atoms with Crippen molar-refractivity contribution in [2.75, 3.05) is 42.7 Å². The van der Waals surface area contributed by atoms with Gasteiger partial charge in [0.25, 0.3) is 11.8 Å². The van der Waals surface area contributed by atoms with Crippen molar-refractivity contribution in [3.63, 3.8) is 0 Å². The summed E-state index contributed by atoms with van der Waals surface area (Å²) < 4.78 is 126. The predicted octanol–water partition coefficient (Wildman–Crippen LogP) is 12.2. The molecule has 2 fully saturated rings. The minimum absolute atomic E-state index is 0.0101. The third kappa shape index (κ3) is 23.1. The number of halogens is 5. The maximum atomic E-state index is 14.8. The number of hydrogen-bond acceptors (Lipinski definition) is 24. The molecule has 0 spiro atoms. The molecule has 0 saturated heterocycles. The van der Waals surface area contributed by atoms with Gasteiger partial charge in [0, 0.05) is 59.9 Å². The topological polar surface area (TPSA) is 384 Å². The summed E-state index contributed by atoms with van der Waals surface area (Å²) in [6.45, 7) is 10.7. The van der Waals surface area contributed by atoms with Gasteiger partial charge in [0.2, 0.25) is 11.9 Å². The number of pyridine rings is 2. The SMILES string of the molecule is CC(C)OC(=O)OCCl.CCOC1CCC(n2cc(NC(=O)c3csc(-c4cnn(COP(=O)(O)CCOC(=O)OC(C)C)c4)n3)c(-c3nc(F)ccc3F)n2)CC1.CCOC1CCC(n2cc(NC(=O)c3csc(-c4cnn(COP(=O)(O)O)c4)n3)c(-c3nc(F)ccc3F)n2)CC1. The summed E-state index contributed by atoms with van der Waals surface area (Å²) in [4.78, 5) is 92.2. The van der Waals surface area contributed by atoms with E-state index >= 15 is 0 Å². The number of hydrogen-bond donors (Lipinski definition) is 5. The van der Waals surface area contributed by atoms with Crippen molar-refractivity contribution < 1.29 is 98.0 Å². The molecular weight excluding hydrogens is 1410 g/mol. The Morgan fingerprint density at radius 3 is 1.43 bits per heavy atom. The minimum atomic E-state index is -4.67. The number of anilines is 2. The van der Waals surface area contributed by atoms with Crippen LogP contribution in [0.2, 0.25) is 0 Å². The molecule has 10 rings (SSSR count). The average Bonchev–Trinajstić information content (AvgIpc) is 1.67. The maximum Gasteiger partial charge on any atom is 0.509 e. The van der Waals surface area contributed by atoms with Crippen LogP contribution in [0.3, 0.4) is 0 Å². The Morgan fingerprint density at radius 1 is 0.606 bits per heavy atom. The number of nitrogens with zero attached hydrogens (tertiary/aromatic N) is 12. The number of carbonyl (C=O) groups is 4. The first kappa shape index (κ1) is 76.8. The smallest absolute Gasteiger partial charge is 0.434 e. The average molecular weight is 1490 g/mol. The summed E-state index contributed by atoms with van der Waals surface area (Å²) in [5.41, 5.74) is 0.690. The third-order valence-corrected chi connectivity index (χ3v) is 17.9. The molecule has 31 nitrogen and oxygen atoms in total. The highest BCUT2D eigenvalue weighted by Crippen LogP contribution is 2.43. The fraction of sp³-hybridized carbons (Fsp3) is 0.458. The van der Waals surface area contributed by atoms with Crippen LogP contribution in [0.15, 0.2) is 72.2 Å². The molecule has 2 aliphatic carbocycles. The van der Waals surface area contributed by atoms with Crippen molar-refractivity contribution in [2.24, 2.45) is 0 Å². The van der Waals surface area contributed by atoms with Gasteiger partial charge in [-0.25, -0.2) is 52.2 Å². The molecule has 40 heteroatoms. The van der Waals surface area contributed by atoms with Gasteiger partial charge in [0.1, 0.15) is 57.5 Å². The van der Waals surface area contributed by atoms with E-state index in [-0.39, 0.29) is 95.3 Å². The van der Waals surface area contributed by atoms with Crippen LogP contribution in [0.25, 0.3) is 43.9 Å². The normalized spacial score (nSPS) is 16.8. The number of phosphoric acid groups is 1. The van der Waals surface area contributed by atoms with E-state index < -0.39 is 82.1 Å². The van der Waals surface area contributed by atoms with Crippen molar-refractivity contribution in [1.29, 1.82) is 0 Å². The number of carbonyl (C=O) groups excluding carboxylic acids is 4. The molecule has 99 heavy (non-hydrogen) atoms. The molecule has 0 radical (unpaired) electrons.